The molecule has 0 aromatic carbocycles. The topological polar surface area (TPSA) is 32.6 Å². The van der Waals surface area contributed by atoms with E-state index in [1.54, 1.807) is 0 Å². The van der Waals surface area contributed by atoms with Gasteiger partial charge in [0.25, 0.3) is 0 Å². The number of unbranched alkanes of at least 4 members (excludes halogenated alkanes) is 3. The number of rotatable bonds is 6. The van der Waals surface area contributed by atoms with Gasteiger partial charge in [-0.25, -0.2) is 0 Å². The summed E-state index contributed by atoms with van der Waals surface area (Å²) in [4.78, 5) is 3.99. The fourth-order valence-electron chi connectivity index (χ4n) is 0.726. The van der Waals surface area contributed by atoms with Crippen molar-refractivity contribution in [1.82, 2.24) is 0 Å². The fraction of sp³-hybridized carbons (Fsp3) is 0.875. The molecule has 0 amide bonds. The Kier molecular flexibility index (Phi) is 8.31. The Morgan fingerprint density at radius 2 is 2.20 bits per heavy atom. The molecule has 10 heavy (non-hydrogen) atoms. The van der Waals surface area contributed by atoms with Crippen molar-refractivity contribution in [2.75, 3.05) is 13.2 Å². The maximum absolute atomic E-state index is 8.36. The van der Waals surface area contributed by atoms with Gasteiger partial charge in [-0.2, -0.15) is 0 Å². The predicted octanol–water partition coefficient (Wildman–Crippen LogP) is 1.63. The van der Waals surface area contributed by atoms with Crippen molar-refractivity contribution in [3.63, 3.8) is 0 Å². The highest BCUT2D eigenvalue weighted by Crippen LogP contribution is 1.95. The van der Waals surface area contributed by atoms with Crippen molar-refractivity contribution < 1.29 is 5.11 Å². The molecule has 0 atom stereocenters. The molecule has 0 aliphatic rings. The maximum Gasteiger partial charge on any atom is 0.0626 e. The van der Waals surface area contributed by atoms with Crippen LogP contribution >= 0.6 is 0 Å². The lowest BCUT2D eigenvalue weighted by molar-refractivity contribution is 0.307. The summed E-state index contributed by atoms with van der Waals surface area (Å²) in [6, 6.07) is 0. The number of aliphatic hydroxyl groups is 1. The molecule has 0 aliphatic heterocycles. The quantitative estimate of drug-likeness (QED) is 0.445. The van der Waals surface area contributed by atoms with E-state index in [2.05, 4.69) is 11.9 Å². The molecule has 0 spiro atoms. The van der Waals surface area contributed by atoms with Crippen LogP contribution in [0.15, 0.2) is 4.99 Å². The molecule has 0 rings (SSSR count). The summed E-state index contributed by atoms with van der Waals surface area (Å²) < 4.78 is 0. The largest absolute Gasteiger partial charge is 0.394 e. The van der Waals surface area contributed by atoms with E-state index in [-0.39, 0.29) is 6.61 Å². The Bertz CT molecular complexity index is 81.3. The molecule has 60 valence electrons. The molecular weight excluding hydrogens is 126 g/mol. The molecule has 0 unspecified atom stereocenters. The van der Waals surface area contributed by atoms with E-state index < -0.39 is 0 Å². The number of hydrogen-bond donors (Lipinski definition) is 1. The first-order chi connectivity index (χ1) is 4.91. The van der Waals surface area contributed by atoms with Gasteiger partial charge < -0.3 is 5.11 Å². The monoisotopic (exact) mass is 143 g/mol. The molecule has 1 N–H and O–H groups in total. The van der Waals surface area contributed by atoms with Gasteiger partial charge in [-0.15, -0.1) is 0 Å². The Labute approximate surface area is 63.0 Å². The first kappa shape index (κ1) is 9.63. The summed E-state index contributed by atoms with van der Waals surface area (Å²) in [5, 5.41) is 8.36. The third-order valence-electron chi connectivity index (χ3n) is 1.29. The lowest BCUT2D eigenvalue weighted by Crippen LogP contribution is -1.87. The SMILES string of the molecule is CCCCCC=NCCO. The van der Waals surface area contributed by atoms with Gasteiger partial charge in [0.1, 0.15) is 0 Å². The molecule has 0 saturated carbocycles. The standard InChI is InChI=1S/C8H17NO/c1-2-3-4-5-6-9-7-8-10/h6,10H,2-5,7-8H2,1H3. The van der Waals surface area contributed by atoms with Gasteiger partial charge in [-0.05, 0) is 19.1 Å². The first-order valence-corrected chi connectivity index (χ1v) is 4.01. The number of aliphatic imine (C=N–C) groups is 1. The highest BCUT2D eigenvalue weighted by molar-refractivity contribution is 5.56. The van der Waals surface area contributed by atoms with Crippen LogP contribution in [0.25, 0.3) is 0 Å². The van der Waals surface area contributed by atoms with Crippen LogP contribution in [0.2, 0.25) is 0 Å². The van der Waals surface area contributed by atoms with Gasteiger partial charge in [-0.1, -0.05) is 19.8 Å². The molecule has 0 radical (unpaired) electrons. The van der Waals surface area contributed by atoms with E-state index >= 15 is 0 Å². The molecule has 0 aliphatic carbocycles. The molecule has 0 heterocycles. The Morgan fingerprint density at radius 1 is 1.40 bits per heavy atom. The minimum absolute atomic E-state index is 0.171. The second-order valence-corrected chi connectivity index (χ2v) is 2.31. The van der Waals surface area contributed by atoms with Crippen molar-refractivity contribution >= 4 is 6.21 Å². The van der Waals surface area contributed by atoms with Crippen LogP contribution < -0.4 is 0 Å². The van der Waals surface area contributed by atoms with Gasteiger partial charge >= 0.3 is 0 Å². The lowest BCUT2D eigenvalue weighted by Gasteiger charge is -1.90. The number of hydrogen-bond acceptors (Lipinski definition) is 2. The Balaban J connectivity index is 2.88. The van der Waals surface area contributed by atoms with Gasteiger partial charge in [-0.3, -0.25) is 4.99 Å². The molecule has 0 bridgehead atoms. The third-order valence-corrected chi connectivity index (χ3v) is 1.29. The van der Waals surface area contributed by atoms with E-state index in [1.807, 2.05) is 6.21 Å². The van der Waals surface area contributed by atoms with Gasteiger partial charge in [0.15, 0.2) is 0 Å². The van der Waals surface area contributed by atoms with Crippen LogP contribution in [0.1, 0.15) is 32.6 Å². The molecule has 2 nitrogen and oxygen atoms in total. The highest BCUT2D eigenvalue weighted by Gasteiger charge is 1.81. The predicted molar refractivity (Wildman–Crippen MR) is 44.6 cm³/mol. The highest BCUT2D eigenvalue weighted by atomic mass is 16.3. The minimum Gasteiger partial charge on any atom is -0.394 e. The Hall–Kier alpha value is -0.370. The summed E-state index contributed by atoms with van der Waals surface area (Å²) in [7, 11) is 0. The normalized spacial score (nSPS) is 11.0. The van der Waals surface area contributed by atoms with Crippen molar-refractivity contribution in [1.29, 1.82) is 0 Å². The lowest BCUT2D eigenvalue weighted by atomic mass is 10.2. The molecule has 2 heteroatoms. The molecule has 0 aromatic rings. The van der Waals surface area contributed by atoms with Crippen LogP contribution in [-0.4, -0.2) is 24.5 Å². The summed E-state index contributed by atoms with van der Waals surface area (Å²) in [5.74, 6) is 0. The van der Waals surface area contributed by atoms with Crippen molar-refractivity contribution in [2.45, 2.75) is 32.6 Å². The Morgan fingerprint density at radius 3 is 2.80 bits per heavy atom. The molecule has 0 fully saturated rings. The maximum atomic E-state index is 8.36. The van der Waals surface area contributed by atoms with Crippen LogP contribution in [0, 0.1) is 0 Å². The fourth-order valence-corrected chi connectivity index (χ4v) is 0.726. The summed E-state index contributed by atoms with van der Waals surface area (Å²) in [6.07, 6.45) is 6.74. The summed E-state index contributed by atoms with van der Waals surface area (Å²) in [5.41, 5.74) is 0. The third kappa shape index (κ3) is 7.63. The zero-order valence-electron chi connectivity index (χ0n) is 6.71. The van der Waals surface area contributed by atoms with Crippen molar-refractivity contribution in [3.05, 3.63) is 0 Å². The van der Waals surface area contributed by atoms with E-state index in [0.29, 0.717) is 6.54 Å². The van der Waals surface area contributed by atoms with E-state index in [9.17, 15) is 0 Å². The van der Waals surface area contributed by atoms with Crippen LogP contribution in [-0.2, 0) is 0 Å². The molecular formula is C8H17NO. The van der Waals surface area contributed by atoms with Crippen LogP contribution in [0.4, 0.5) is 0 Å². The summed E-state index contributed by atoms with van der Waals surface area (Å²) in [6.45, 7) is 2.92. The van der Waals surface area contributed by atoms with E-state index in [4.69, 9.17) is 5.11 Å². The van der Waals surface area contributed by atoms with Crippen LogP contribution in [0.5, 0.6) is 0 Å². The van der Waals surface area contributed by atoms with Crippen molar-refractivity contribution in [2.24, 2.45) is 4.99 Å². The molecule has 0 saturated heterocycles. The van der Waals surface area contributed by atoms with Gasteiger partial charge in [0.2, 0.25) is 0 Å². The second kappa shape index (κ2) is 8.63. The number of aliphatic hydroxyl groups excluding tert-OH is 1. The number of nitrogens with zero attached hydrogens (tertiary/aromatic N) is 1. The van der Waals surface area contributed by atoms with Crippen molar-refractivity contribution in [3.8, 4) is 0 Å². The van der Waals surface area contributed by atoms with E-state index in [1.165, 1.54) is 19.3 Å². The van der Waals surface area contributed by atoms with Crippen LogP contribution in [0.3, 0.4) is 0 Å². The van der Waals surface area contributed by atoms with Gasteiger partial charge in [0, 0.05) is 0 Å². The average molecular weight is 143 g/mol. The minimum atomic E-state index is 0.171. The first-order valence-electron chi connectivity index (χ1n) is 4.01. The average Bonchev–Trinajstić information content (AvgIpc) is 1.97. The summed E-state index contributed by atoms with van der Waals surface area (Å²) >= 11 is 0. The second-order valence-electron chi connectivity index (χ2n) is 2.31. The zero-order chi connectivity index (χ0) is 7.66. The van der Waals surface area contributed by atoms with Gasteiger partial charge in [0.05, 0.1) is 13.2 Å². The molecule has 0 aromatic heterocycles. The van der Waals surface area contributed by atoms with E-state index in [0.717, 1.165) is 6.42 Å². The smallest absolute Gasteiger partial charge is 0.0626 e. The zero-order valence-corrected chi connectivity index (χ0v) is 6.71.